The molecule has 1 N–H and O–H groups in total. The van der Waals surface area contributed by atoms with Crippen LogP contribution < -0.4 is 4.72 Å². The first-order chi connectivity index (χ1) is 6.21. The highest BCUT2D eigenvalue weighted by Crippen LogP contribution is 2.40. The molecule has 2 unspecified atom stereocenters. The topological polar surface area (TPSA) is 46.2 Å². The predicted octanol–water partition coefficient (Wildman–Crippen LogP) is 1.75. The van der Waals surface area contributed by atoms with E-state index < -0.39 is 10.0 Å². The summed E-state index contributed by atoms with van der Waals surface area (Å²) >= 11 is 0. The molecule has 0 bridgehead atoms. The van der Waals surface area contributed by atoms with E-state index >= 15 is 0 Å². The second kappa shape index (κ2) is 3.81. The molecule has 1 fully saturated rings. The fourth-order valence-electron chi connectivity index (χ4n) is 2.07. The highest BCUT2D eigenvalue weighted by Gasteiger charge is 2.34. The van der Waals surface area contributed by atoms with Crippen molar-refractivity contribution in [2.24, 2.45) is 11.3 Å². The molecule has 0 aromatic carbocycles. The fraction of sp³-hybridized carbons (Fsp3) is 1.00. The van der Waals surface area contributed by atoms with Crippen LogP contribution in [0.25, 0.3) is 0 Å². The minimum Gasteiger partial charge on any atom is -0.213 e. The van der Waals surface area contributed by atoms with E-state index in [1.54, 1.807) is 0 Å². The Morgan fingerprint density at radius 2 is 1.93 bits per heavy atom. The number of hydrogen-bond donors (Lipinski definition) is 1. The molecule has 0 aliphatic heterocycles. The van der Waals surface area contributed by atoms with Crippen LogP contribution >= 0.6 is 0 Å². The van der Waals surface area contributed by atoms with E-state index in [0.29, 0.717) is 11.3 Å². The predicted molar refractivity (Wildman–Crippen MR) is 58.6 cm³/mol. The van der Waals surface area contributed by atoms with Crippen LogP contribution in [0.15, 0.2) is 0 Å². The monoisotopic (exact) mass is 219 g/mol. The lowest BCUT2D eigenvalue weighted by atomic mass is 9.68. The Morgan fingerprint density at radius 3 is 2.36 bits per heavy atom. The highest BCUT2D eigenvalue weighted by atomic mass is 32.2. The van der Waals surface area contributed by atoms with Crippen molar-refractivity contribution in [3.63, 3.8) is 0 Å². The van der Waals surface area contributed by atoms with E-state index in [1.807, 2.05) is 0 Å². The molecule has 0 saturated heterocycles. The molecule has 0 aromatic heterocycles. The average Bonchev–Trinajstić information content (AvgIpc) is 1.95. The molecule has 4 heteroatoms. The van der Waals surface area contributed by atoms with Crippen LogP contribution in [0.3, 0.4) is 0 Å². The van der Waals surface area contributed by atoms with Crippen LogP contribution in [-0.4, -0.2) is 20.7 Å². The maximum atomic E-state index is 11.1. The third-order valence-corrected chi connectivity index (χ3v) is 4.25. The average molecular weight is 219 g/mol. The quantitative estimate of drug-likeness (QED) is 0.769. The molecular weight excluding hydrogens is 198 g/mol. The lowest BCUT2D eigenvalue weighted by molar-refractivity contribution is 0.134. The van der Waals surface area contributed by atoms with Gasteiger partial charge in [-0.2, -0.15) is 0 Å². The van der Waals surface area contributed by atoms with Gasteiger partial charge in [-0.25, -0.2) is 13.1 Å². The molecule has 0 heterocycles. The minimum absolute atomic E-state index is 0.146. The first-order valence-corrected chi connectivity index (χ1v) is 7.07. The standard InChI is InChI=1S/C10H21NO2S/c1-8-7-9(11-14(4,12)13)5-6-10(8,2)3/h8-9,11H,5-7H2,1-4H3. The summed E-state index contributed by atoms with van der Waals surface area (Å²) in [5, 5.41) is 0. The highest BCUT2D eigenvalue weighted by molar-refractivity contribution is 7.88. The zero-order valence-corrected chi connectivity index (χ0v) is 10.3. The van der Waals surface area contributed by atoms with E-state index in [2.05, 4.69) is 25.5 Å². The van der Waals surface area contributed by atoms with Gasteiger partial charge < -0.3 is 0 Å². The van der Waals surface area contributed by atoms with Crippen molar-refractivity contribution < 1.29 is 8.42 Å². The molecule has 1 saturated carbocycles. The molecule has 84 valence electrons. The van der Waals surface area contributed by atoms with Crippen molar-refractivity contribution in [3.8, 4) is 0 Å². The number of hydrogen-bond acceptors (Lipinski definition) is 2. The van der Waals surface area contributed by atoms with Gasteiger partial charge in [0.1, 0.15) is 0 Å². The molecule has 1 rings (SSSR count). The van der Waals surface area contributed by atoms with Crippen molar-refractivity contribution in [2.45, 2.75) is 46.1 Å². The fourth-order valence-corrected chi connectivity index (χ4v) is 2.89. The van der Waals surface area contributed by atoms with Gasteiger partial charge in [0, 0.05) is 6.04 Å². The van der Waals surface area contributed by atoms with E-state index in [-0.39, 0.29) is 6.04 Å². The largest absolute Gasteiger partial charge is 0.213 e. The Hall–Kier alpha value is -0.0900. The van der Waals surface area contributed by atoms with Crippen molar-refractivity contribution in [1.82, 2.24) is 4.72 Å². The van der Waals surface area contributed by atoms with Crippen LogP contribution in [0.2, 0.25) is 0 Å². The summed E-state index contributed by atoms with van der Waals surface area (Å²) in [6.07, 6.45) is 4.25. The molecule has 0 aromatic rings. The first-order valence-electron chi connectivity index (χ1n) is 5.18. The van der Waals surface area contributed by atoms with Gasteiger partial charge >= 0.3 is 0 Å². The second-order valence-corrected chi connectivity index (χ2v) is 7.03. The van der Waals surface area contributed by atoms with Gasteiger partial charge in [-0.15, -0.1) is 0 Å². The SMILES string of the molecule is CC1CC(NS(C)(=O)=O)CCC1(C)C. The van der Waals surface area contributed by atoms with Crippen LogP contribution in [-0.2, 0) is 10.0 Å². The molecule has 2 atom stereocenters. The lowest BCUT2D eigenvalue weighted by Gasteiger charge is -2.40. The Labute approximate surface area is 87.3 Å². The first kappa shape index (κ1) is 12.0. The summed E-state index contributed by atoms with van der Waals surface area (Å²) in [5.41, 5.74) is 0.357. The molecule has 1 aliphatic carbocycles. The van der Waals surface area contributed by atoms with E-state index in [1.165, 1.54) is 6.26 Å². The van der Waals surface area contributed by atoms with Gasteiger partial charge in [0.15, 0.2) is 0 Å². The van der Waals surface area contributed by atoms with Gasteiger partial charge in [-0.1, -0.05) is 20.8 Å². The van der Waals surface area contributed by atoms with Crippen molar-refractivity contribution in [2.75, 3.05) is 6.26 Å². The van der Waals surface area contributed by atoms with Gasteiger partial charge in [0.25, 0.3) is 0 Å². The van der Waals surface area contributed by atoms with Gasteiger partial charge in [-0.05, 0) is 30.6 Å². The van der Waals surface area contributed by atoms with Crippen molar-refractivity contribution >= 4 is 10.0 Å². The Kier molecular flexibility index (Phi) is 3.26. The van der Waals surface area contributed by atoms with Crippen LogP contribution in [0, 0.1) is 11.3 Å². The minimum atomic E-state index is -3.03. The Balaban J connectivity index is 2.56. The molecule has 0 spiro atoms. The molecule has 14 heavy (non-hydrogen) atoms. The van der Waals surface area contributed by atoms with Crippen LogP contribution in [0.4, 0.5) is 0 Å². The van der Waals surface area contributed by atoms with E-state index in [4.69, 9.17) is 0 Å². The molecular formula is C10H21NO2S. The second-order valence-electron chi connectivity index (χ2n) is 5.25. The maximum Gasteiger partial charge on any atom is 0.208 e. The van der Waals surface area contributed by atoms with Crippen molar-refractivity contribution in [3.05, 3.63) is 0 Å². The normalized spacial score (nSPS) is 32.9. The van der Waals surface area contributed by atoms with E-state index in [0.717, 1.165) is 19.3 Å². The maximum absolute atomic E-state index is 11.1. The summed E-state index contributed by atoms with van der Waals surface area (Å²) in [7, 11) is -3.03. The number of sulfonamides is 1. The molecule has 3 nitrogen and oxygen atoms in total. The Bertz CT molecular complexity index is 295. The summed E-state index contributed by atoms with van der Waals surface area (Å²) in [6.45, 7) is 6.72. The third kappa shape index (κ3) is 3.24. The number of nitrogens with one attached hydrogen (secondary N) is 1. The summed E-state index contributed by atoms with van der Waals surface area (Å²) in [4.78, 5) is 0. The smallest absolute Gasteiger partial charge is 0.208 e. The summed E-state index contributed by atoms with van der Waals surface area (Å²) in [5.74, 6) is 0.579. The molecule has 0 amide bonds. The van der Waals surface area contributed by atoms with Gasteiger partial charge in [-0.3, -0.25) is 0 Å². The van der Waals surface area contributed by atoms with E-state index in [9.17, 15) is 8.42 Å². The molecule has 0 radical (unpaired) electrons. The van der Waals surface area contributed by atoms with Crippen molar-refractivity contribution in [1.29, 1.82) is 0 Å². The van der Waals surface area contributed by atoms with Gasteiger partial charge in [0.2, 0.25) is 10.0 Å². The van der Waals surface area contributed by atoms with Crippen LogP contribution in [0.5, 0.6) is 0 Å². The Morgan fingerprint density at radius 1 is 1.36 bits per heavy atom. The summed E-state index contributed by atoms with van der Waals surface area (Å²) in [6, 6.07) is 0.146. The zero-order valence-electron chi connectivity index (χ0n) is 9.50. The van der Waals surface area contributed by atoms with Crippen LogP contribution in [0.1, 0.15) is 40.0 Å². The van der Waals surface area contributed by atoms with Gasteiger partial charge in [0.05, 0.1) is 6.26 Å². The molecule has 1 aliphatic rings. The number of rotatable bonds is 2. The third-order valence-electron chi connectivity index (χ3n) is 3.49. The summed E-state index contributed by atoms with van der Waals surface area (Å²) < 4.78 is 24.8. The lowest BCUT2D eigenvalue weighted by Crippen LogP contribution is -2.42. The zero-order chi connectivity index (χ0) is 11.0.